The molecule has 2 aliphatic heterocycles. The second kappa shape index (κ2) is 6.98. The van der Waals surface area contributed by atoms with Crippen LogP contribution < -0.4 is 9.64 Å². The first-order chi connectivity index (χ1) is 12.9. The van der Waals surface area contributed by atoms with Gasteiger partial charge in [0.15, 0.2) is 0 Å². The molecule has 2 aromatic carbocycles. The minimum absolute atomic E-state index is 0.0405. The van der Waals surface area contributed by atoms with Gasteiger partial charge in [-0.15, -0.1) is 4.40 Å². The highest BCUT2D eigenvalue weighted by atomic mass is 35.5. The maximum Gasteiger partial charge on any atom is 0.343 e. The number of carbonyl (C=O) groups is 1. The number of sulfonamides is 1. The highest BCUT2D eigenvalue weighted by Crippen LogP contribution is 2.35. The van der Waals surface area contributed by atoms with E-state index in [1.165, 1.54) is 6.07 Å². The fraction of sp³-hybridized carbons (Fsp3) is 0.263. The first-order valence-corrected chi connectivity index (χ1v) is 10.5. The Morgan fingerprint density at radius 3 is 2.63 bits per heavy atom. The largest absolute Gasteiger partial charge is 0.423 e. The van der Waals surface area contributed by atoms with E-state index in [-0.39, 0.29) is 10.5 Å². The number of anilines is 1. The smallest absolute Gasteiger partial charge is 0.343 e. The lowest BCUT2D eigenvalue weighted by Crippen LogP contribution is -2.35. The summed E-state index contributed by atoms with van der Waals surface area (Å²) in [5, 5.41) is 0.529. The van der Waals surface area contributed by atoms with Gasteiger partial charge in [0, 0.05) is 18.0 Å². The number of carbonyl (C=O) groups excluding carboxylic acids is 1. The third kappa shape index (κ3) is 3.57. The van der Waals surface area contributed by atoms with Crippen molar-refractivity contribution in [1.29, 1.82) is 0 Å². The van der Waals surface area contributed by atoms with Crippen molar-refractivity contribution in [3.63, 3.8) is 0 Å². The molecule has 140 valence electrons. The molecular weight excluding hydrogens is 388 g/mol. The minimum atomic E-state index is -3.84. The molecule has 2 aromatic rings. The van der Waals surface area contributed by atoms with Crippen molar-refractivity contribution >= 4 is 39.1 Å². The van der Waals surface area contributed by atoms with Gasteiger partial charge in [0.05, 0.1) is 11.3 Å². The lowest BCUT2D eigenvalue weighted by molar-refractivity contribution is 0.0734. The van der Waals surface area contributed by atoms with Gasteiger partial charge in [0.25, 0.3) is 10.0 Å². The molecule has 1 fully saturated rings. The average molecular weight is 405 g/mol. The zero-order valence-corrected chi connectivity index (χ0v) is 16.0. The normalized spacial score (nSPS) is 18.0. The summed E-state index contributed by atoms with van der Waals surface area (Å²) in [5.41, 5.74) is 0.727. The molecule has 4 rings (SSSR count). The molecular formula is C19H17ClN2O4S. The van der Waals surface area contributed by atoms with Gasteiger partial charge in [0.1, 0.15) is 16.5 Å². The van der Waals surface area contributed by atoms with Crippen LogP contribution >= 0.6 is 11.6 Å². The Labute approximate surface area is 162 Å². The lowest BCUT2D eigenvalue weighted by Gasteiger charge is -2.29. The van der Waals surface area contributed by atoms with Crippen molar-refractivity contribution in [3.8, 4) is 5.75 Å². The summed E-state index contributed by atoms with van der Waals surface area (Å²) in [5.74, 6) is 0.273. The average Bonchev–Trinajstić information content (AvgIpc) is 2.88. The van der Waals surface area contributed by atoms with E-state index >= 15 is 0 Å². The fourth-order valence-electron chi connectivity index (χ4n) is 3.28. The molecule has 0 unspecified atom stereocenters. The van der Waals surface area contributed by atoms with Gasteiger partial charge in [-0.2, -0.15) is 8.42 Å². The van der Waals surface area contributed by atoms with Crippen LogP contribution in [0, 0.1) is 0 Å². The zero-order chi connectivity index (χ0) is 19.0. The molecule has 0 bridgehead atoms. The molecule has 0 amide bonds. The van der Waals surface area contributed by atoms with E-state index in [9.17, 15) is 13.2 Å². The van der Waals surface area contributed by atoms with Crippen molar-refractivity contribution in [1.82, 2.24) is 0 Å². The second-order valence-corrected chi connectivity index (χ2v) is 8.48. The molecule has 0 aromatic heterocycles. The molecule has 0 N–H and O–H groups in total. The number of hydrogen-bond acceptors (Lipinski definition) is 5. The van der Waals surface area contributed by atoms with Crippen LogP contribution in [0.4, 0.5) is 5.69 Å². The van der Waals surface area contributed by atoms with Crippen LogP contribution in [0.15, 0.2) is 51.8 Å². The van der Waals surface area contributed by atoms with Crippen molar-refractivity contribution in [2.45, 2.75) is 30.6 Å². The summed E-state index contributed by atoms with van der Waals surface area (Å²) < 4.78 is 34.5. The number of esters is 1. The lowest BCUT2D eigenvalue weighted by atomic mass is 10.2. The van der Waals surface area contributed by atoms with Crippen LogP contribution in [-0.2, 0) is 10.0 Å². The number of benzene rings is 2. The molecule has 27 heavy (non-hydrogen) atoms. The van der Waals surface area contributed by atoms with Gasteiger partial charge in [-0.3, -0.25) is 0 Å². The third-order valence-corrected chi connectivity index (χ3v) is 6.19. The Morgan fingerprint density at radius 2 is 1.85 bits per heavy atom. The van der Waals surface area contributed by atoms with Crippen molar-refractivity contribution in [2.75, 3.05) is 11.4 Å². The Morgan fingerprint density at radius 1 is 1.07 bits per heavy atom. The van der Waals surface area contributed by atoms with Gasteiger partial charge in [-0.05, 0) is 55.3 Å². The molecule has 0 spiro atoms. The monoisotopic (exact) mass is 404 g/mol. The number of fused-ring (bicyclic) bond motifs is 3. The van der Waals surface area contributed by atoms with Crippen molar-refractivity contribution < 1.29 is 17.9 Å². The quantitative estimate of drug-likeness (QED) is 0.557. The molecule has 0 saturated carbocycles. The molecule has 2 heterocycles. The van der Waals surface area contributed by atoms with Crippen LogP contribution in [-0.4, -0.2) is 26.8 Å². The van der Waals surface area contributed by atoms with E-state index in [0.29, 0.717) is 28.7 Å². The molecule has 8 heteroatoms. The second-order valence-electron chi connectivity index (χ2n) is 6.47. The molecule has 0 radical (unpaired) electrons. The maximum absolute atomic E-state index is 12.6. The van der Waals surface area contributed by atoms with Crippen LogP contribution in [0.1, 0.15) is 36.0 Å². The molecule has 1 saturated heterocycles. The Kier molecular flexibility index (Phi) is 4.65. The first kappa shape index (κ1) is 18.0. The van der Waals surface area contributed by atoms with Crippen LogP contribution in [0.5, 0.6) is 5.75 Å². The summed E-state index contributed by atoms with van der Waals surface area (Å²) in [6.07, 6.45) is 3.57. The highest BCUT2D eigenvalue weighted by Gasteiger charge is 2.32. The van der Waals surface area contributed by atoms with Crippen LogP contribution in [0.2, 0.25) is 5.02 Å². The van der Waals surface area contributed by atoms with E-state index in [0.717, 1.165) is 25.8 Å². The Hall–Kier alpha value is -2.38. The molecule has 0 atom stereocenters. The number of halogens is 1. The maximum atomic E-state index is 12.6. The number of ether oxygens (including phenoxy) is 1. The van der Waals surface area contributed by atoms with Gasteiger partial charge in [0.2, 0.25) is 0 Å². The van der Waals surface area contributed by atoms with Crippen LogP contribution in [0.3, 0.4) is 0 Å². The SMILES string of the molecule is O=C(Oc1ccc(Cl)cc1)c1ccc2c(c1)S(=O)(=O)N=C1CCCCCN12. The summed E-state index contributed by atoms with van der Waals surface area (Å²) in [6, 6.07) is 10.9. The number of nitrogens with zero attached hydrogens (tertiary/aromatic N) is 2. The van der Waals surface area contributed by atoms with Crippen molar-refractivity contribution in [3.05, 3.63) is 53.1 Å². The third-order valence-electron chi connectivity index (χ3n) is 4.61. The molecule has 0 aliphatic carbocycles. The fourth-order valence-corrected chi connectivity index (χ4v) is 4.69. The van der Waals surface area contributed by atoms with E-state index in [1.807, 2.05) is 4.90 Å². The summed E-state index contributed by atoms with van der Waals surface area (Å²) in [6.45, 7) is 0.718. The van der Waals surface area contributed by atoms with Gasteiger partial charge in [-0.25, -0.2) is 4.79 Å². The number of rotatable bonds is 2. The summed E-state index contributed by atoms with van der Waals surface area (Å²) in [4.78, 5) is 14.4. The standard InChI is InChI=1S/C19H17ClN2O4S/c20-14-6-8-15(9-7-14)26-19(23)13-5-10-16-17(12-13)27(24,25)21-18-4-2-1-3-11-22(16)18/h5-10,12H,1-4,11H2. The number of hydrogen-bond donors (Lipinski definition) is 0. The first-order valence-electron chi connectivity index (χ1n) is 8.67. The highest BCUT2D eigenvalue weighted by molar-refractivity contribution is 7.90. The Balaban J connectivity index is 1.68. The van der Waals surface area contributed by atoms with Gasteiger partial charge < -0.3 is 9.64 Å². The van der Waals surface area contributed by atoms with Crippen molar-refractivity contribution in [2.24, 2.45) is 4.40 Å². The summed E-state index contributed by atoms with van der Waals surface area (Å²) in [7, 11) is -3.84. The van der Waals surface area contributed by atoms with E-state index in [2.05, 4.69) is 4.40 Å². The number of amidine groups is 1. The van der Waals surface area contributed by atoms with E-state index in [1.54, 1.807) is 36.4 Å². The predicted octanol–water partition coefficient (Wildman–Crippen LogP) is 4.04. The van der Waals surface area contributed by atoms with Gasteiger partial charge >= 0.3 is 5.97 Å². The van der Waals surface area contributed by atoms with Crippen LogP contribution in [0.25, 0.3) is 0 Å². The van der Waals surface area contributed by atoms with E-state index < -0.39 is 16.0 Å². The molecule has 2 aliphatic rings. The topological polar surface area (TPSA) is 76.0 Å². The summed E-state index contributed by atoms with van der Waals surface area (Å²) >= 11 is 5.82. The molecule has 6 nitrogen and oxygen atoms in total. The Bertz CT molecular complexity index is 1030. The predicted molar refractivity (Wildman–Crippen MR) is 103 cm³/mol. The van der Waals surface area contributed by atoms with Gasteiger partial charge in [-0.1, -0.05) is 18.0 Å². The van der Waals surface area contributed by atoms with E-state index in [4.69, 9.17) is 16.3 Å². The zero-order valence-electron chi connectivity index (χ0n) is 14.4. The minimum Gasteiger partial charge on any atom is -0.423 e.